The van der Waals surface area contributed by atoms with Gasteiger partial charge in [-0.3, -0.25) is 0 Å². The Morgan fingerprint density at radius 2 is 1.75 bits per heavy atom. The molecule has 2 nitrogen and oxygen atoms in total. The Bertz CT molecular complexity index is 511. The van der Waals surface area contributed by atoms with E-state index in [1.807, 2.05) is 12.1 Å². The third kappa shape index (κ3) is 5.24. The van der Waals surface area contributed by atoms with Crippen LogP contribution in [0.3, 0.4) is 0 Å². The predicted octanol–water partition coefficient (Wildman–Crippen LogP) is 4.11. The largest absolute Gasteiger partial charge is 0.489 e. The Hall–Kier alpha value is -1.51. The molecule has 0 aliphatic rings. The van der Waals surface area contributed by atoms with E-state index in [2.05, 4.69) is 55.6 Å². The fraction of sp³-hybridized carbons (Fsp3) is 0.294. The molecular formula is C17H22ClNO. The lowest BCUT2D eigenvalue weighted by molar-refractivity contribution is 0.306. The van der Waals surface area contributed by atoms with Gasteiger partial charge in [-0.1, -0.05) is 48.9 Å². The van der Waals surface area contributed by atoms with Gasteiger partial charge in [-0.15, -0.1) is 12.4 Å². The van der Waals surface area contributed by atoms with Gasteiger partial charge in [-0.05, 0) is 36.7 Å². The zero-order valence-electron chi connectivity index (χ0n) is 12.1. The zero-order valence-corrected chi connectivity index (χ0v) is 12.9. The van der Waals surface area contributed by atoms with Crippen LogP contribution in [-0.4, -0.2) is 6.54 Å². The van der Waals surface area contributed by atoms with Crippen LogP contribution in [-0.2, 0) is 13.2 Å². The van der Waals surface area contributed by atoms with Crippen LogP contribution < -0.4 is 10.1 Å². The quantitative estimate of drug-likeness (QED) is 0.865. The fourth-order valence-corrected chi connectivity index (χ4v) is 1.87. The molecule has 0 radical (unpaired) electrons. The third-order valence-electron chi connectivity index (χ3n) is 3.00. The molecule has 2 aromatic rings. The molecule has 20 heavy (non-hydrogen) atoms. The maximum Gasteiger partial charge on any atom is 0.120 e. The molecule has 0 saturated heterocycles. The Balaban J connectivity index is 0.00000200. The maximum atomic E-state index is 5.82. The van der Waals surface area contributed by atoms with E-state index in [4.69, 9.17) is 4.74 Å². The fourth-order valence-electron chi connectivity index (χ4n) is 1.87. The summed E-state index contributed by atoms with van der Waals surface area (Å²) < 4.78 is 5.82. The highest BCUT2D eigenvalue weighted by molar-refractivity contribution is 5.85. The molecule has 0 saturated carbocycles. The first-order chi connectivity index (χ1) is 9.28. The number of halogens is 1. The van der Waals surface area contributed by atoms with Crippen molar-refractivity contribution in [1.82, 2.24) is 5.32 Å². The maximum absolute atomic E-state index is 5.82. The van der Waals surface area contributed by atoms with Crippen molar-refractivity contribution in [2.45, 2.75) is 27.0 Å². The molecule has 0 unspecified atom stereocenters. The second-order valence-corrected chi connectivity index (χ2v) is 4.70. The van der Waals surface area contributed by atoms with Gasteiger partial charge in [0.05, 0.1) is 0 Å². The first-order valence-corrected chi connectivity index (χ1v) is 6.76. The highest BCUT2D eigenvalue weighted by Gasteiger charge is 1.98. The monoisotopic (exact) mass is 291 g/mol. The molecule has 0 spiro atoms. The van der Waals surface area contributed by atoms with Gasteiger partial charge >= 0.3 is 0 Å². The topological polar surface area (TPSA) is 21.3 Å². The average molecular weight is 292 g/mol. The molecule has 2 aromatic carbocycles. The molecule has 0 bridgehead atoms. The van der Waals surface area contributed by atoms with Crippen molar-refractivity contribution in [3.63, 3.8) is 0 Å². The number of ether oxygens (including phenoxy) is 1. The van der Waals surface area contributed by atoms with E-state index in [1.165, 1.54) is 16.7 Å². The first-order valence-electron chi connectivity index (χ1n) is 6.76. The summed E-state index contributed by atoms with van der Waals surface area (Å²) in [6.45, 7) is 6.68. The number of benzene rings is 2. The Labute approximate surface area is 127 Å². The summed E-state index contributed by atoms with van der Waals surface area (Å²) in [6.07, 6.45) is 0. The Morgan fingerprint density at radius 1 is 1.00 bits per heavy atom. The van der Waals surface area contributed by atoms with Gasteiger partial charge in [0.2, 0.25) is 0 Å². The van der Waals surface area contributed by atoms with E-state index in [1.54, 1.807) is 0 Å². The Morgan fingerprint density at radius 3 is 2.45 bits per heavy atom. The van der Waals surface area contributed by atoms with E-state index in [-0.39, 0.29) is 12.4 Å². The van der Waals surface area contributed by atoms with Crippen molar-refractivity contribution in [2.24, 2.45) is 0 Å². The van der Waals surface area contributed by atoms with Gasteiger partial charge in [0, 0.05) is 6.54 Å². The van der Waals surface area contributed by atoms with E-state index >= 15 is 0 Å². The van der Waals surface area contributed by atoms with E-state index in [9.17, 15) is 0 Å². The molecule has 0 aliphatic carbocycles. The molecule has 0 aromatic heterocycles. The number of rotatable bonds is 6. The van der Waals surface area contributed by atoms with E-state index in [0.29, 0.717) is 6.61 Å². The Kier molecular flexibility index (Phi) is 7.13. The molecule has 3 heteroatoms. The highest BCUT2D eigenvalue weighted by atomic mass is 35.5. The smallest absolute Gasteiger partial charge is 0.120 e. The highest BCUT2D eigenvalue weighted by Crippen LogP contribution is 2.15. The summed E-state index contributed by atoms with van der Waals surface area (Å²) in [7, 11) is 0. The van der Waals surface area contributed by atoms with Crippen molar-refractivity contribution in [3.05, 3.63) is 65.2 Å². The van der Waals surface area contributed by atoms with Gasteiger partial charge in [-0.25, -0.2) is 0 Å². The number of aryl methyl sites for hydroxylation is 1. The molecule has 0 atom stereocenters. The number of hydrogen-bond donors (Lipinski definition) is 1. The molecule has 0 fully saturated rings. The summed E-state index contributed by atoms with van der Waals surface area (Å²) in [5.41, 5.74) is 3.72. The van der Waals surface area contributed by atoms with Crippen molar-refractivity contribution >= 4 is 12.4 Å². The van der Waals surface area contributed by atoms with Crippen LogP contribution in [0.5, 0.6) is 5.75 Å². The lowest BCUT2D eigenvalue weighted by atomic mass is 10.2. The van der Waals surface area contributed by atoms with Crippen molar-refractivity contribution in [1.29, 1.82) is 0 Å². The van der Waals surface area contributed by atoms with Crippen molar-refractivity contribution < 1.29 is 4.74 Å². The first kappa shape index (κ1) is 16.5. The lowest BCUT2D eigenvalue weighted by Gasteiger charge is -2.08. The second kappa shape index (κ2) is 8.62. The van der Waals surface area contributed by atoms with Crippen molar-refractivity contribution in [2.75, 3.05) is 6.54 Å². The van der Waals surface area contributed by atoms with E-state index < -0.39 is 0 Å². The summed E-state index contributed by atoms with van der Waals surface area (Å²) in [5, 5.41) is 3.32. The summed E-state index contributed by atoms with van der Waals surface area (Å²) in [4.78, 5) is 0. The number of hydrogen-bond acceptors (Lipinski definition) is 2. The summed E-state index contributed by atoms with van der Waals surface area (Å²) in [6, 6.07) is 16.7. The predicted molar refractivity (Wildman–Crippen MR) is 86.6 cm³/mol. The summed E-state index contributed by atoms with van der Waals surface area (Å²) in [5.74, 6) is 0.927. The van der Waals surface area contributed by atoms with Gasteiger partial charge < -0.3 is 10.1 Å². The summed E-state index contributed by atoms with van der Waals surface area (Å²) >= 11 is 0. The van der Waals surface area contributed by atoms with Crippen LogP contribution in [0, 0.1) is 6.92 Å². The molecule has 108 valence electrons. The molecule has 0 amide bonds. The second-order valence-electron chi connectivity index (χ2n) is 4.70. The van der Waals surface area contributed by atoms with Crippen LogP contribution >= 0.6 is 12.4 Å². The molecule has 0 heterocycles. The standard InChI is InChI=1S/C17H21NO.ClH/c1-3-18-12-16-5-4-6-17(11-16)19-13-15-9-7-14(2)8-10-15;/h4-11,18H,3,12-13H2,1-2H3;1H. The lowest BCUT2D eigenvalue weighted by Crippen LogP contribution is -2.11. The normalized spacial score (nSPS) is 9.90. The average Bonchev–Trinajstić information content (AvgIpc) is 2.45. The van der Waals surface area contributed by atoms with Gasteiger partial charge in [0.15, 0.2) is 0 Å². The van der Waals surface area contributed by atoms with Crippen LogP contribution in [0.4, 0.5) is 0 Å². The minimum absolute atomic E-state index is 0. The van der Waals surface area contributed by atoms with Gasteiger partial charge in [0.1, 0.15) is 12.4 Å². The minimum Gasteiger partial charge on any atom is -0.489 e. The third-order valence-corrected chi connectivity index (χ3v) is 3.00. The number of nitrogens with one attached hydrogen (secondary N) is 1. The van der Waals surface area contributed by atoms with Gasteiger partial charge in [-0.2, -0.15) is 0 Å². The molecule has 2 rings (SSSR count). The van der Waals surface area contributed by atoms with Crippen molar-refractivity contribution in [3.8, 4) is 5.75 Å². The van der Waals surface area contributed by atoms with Crippen LogP contribution in [0.15, 0.2) is 48.5 Å². The molecule has 1 N–H and O–H groups in total. The van der Waals surface area contributed by atoms with E-state index in [0.717, 1.165) is 18.8 Å². The molecule has 0 aliphatic heterocycles. The van der Waals surface area contributed by atoms with Crippen LogP contribution in [0.1, 0.15) is 23.6 Å². The SMILES string of the molecule is CCNCc1cccc(OCc2ccc(C)cc2)c1.Cl. The zero-order chi connectivity index (χ0) is 13.5. The van der Waals surface area contributed by atoms with Gasteiger partial charge in [0.25, 0.3) is 0 Å². The van der Waals surface area contributed by atoms with Crippen LogP contribution in [0.25, 0.3) is 0 Å². The van der Waals surface area contributed by atoms with Crippen LogP contribution in [0.2, 0.25) is 0 Å². The molecular weight excluding hydrogens is 270 g/mol. The minimum atomic E-state index is 0.